The molecule has 3 rings (SSSR count). The van der Waals surface area contributed by atoms with Gasteiger partial charge in [-0.2, -0.15) is 0 Å². The molecule has 1 N–H and O–H groups in total. The normalized spacial score (nSPS) is 15.2. The summed E-state index contributed by atoms with van der Waals surface area (Å²) in [5.74, 6) is -0.746. The number of nitrogens with zero attached hydrogens (tertiary/aromatic N) is 1. The Kier molecular flexibility index (Phi) is 3.61. The largest absolute Gasteiger partial charge is 0.394 e. The van der Waals surface area contributed by atoms with Crippen LogP contribution in [0.25, 0.3) is 0 Å². The molecule has 0 spiro atoms. The van der Waals surface area contributed by atoms with Crippen LogP contribution in [0.2, 0.25) is 0 Å². The van der Waals surface area contributed by atoms with E-state index in [9.17, 15) is 14.7 Å². The van der Waals surface area contributed by atoms with E-state index in [1.807, 2.05) is 18.2 Å². The van der Waals surface area contributed by atoms with E-state index in [0.29, 0.717) is 11.1 Å². The van der Waals surface area contributed by atoms with Gasteiger partial charge in [-0.3, -0.25) is 14.5 Å². The van der Waals surface area contributed by atoms with Gasteiger partial charge in [0.2, 0.25) is 0 Å². The highest BCUT2D eigenvalue weighted by Crippen LogP contribution is 2.32. The van der Waals surface area contributed by atoms with Gasteiger partial charge in [0.15, 0.2) is 0 Å². The molecule has 2 aromatic carbocycles. The molecule has 0 aromatic heterocycles. The molecule has 5 heteroatoms. The Morgan fingerprint density at radius 2 is 1.67 bits per heavy atom. The fraction of sp³-hybridized carbons (Fsp3) is 0.125. The molecule has 0 radical (unpaired) electrons. The molecule has 0 bridgehead atoms. The SMILES string of the molecule is O=C1c2ccc(Br)cc2C(=O)N1[C@H](CO)c1ccccc1. The molecule has 1 aliphatic heterocycles. The van der Waals surface area contributed by atoms with Crippen LogP contribution in [0.5, 0.6) is 0 Å². The molecule has 106 valence electrons. The summed E-state index contributed by atoms with van der Waals surface area (Å²) >= 11 is 3.30. The summed E-state index contributed by atoms with van der Waals surface area (Å²) in [5, 5.41) is 9.65. The van der Waals surface area contributed by atoms with Crippen LogP contribution in [0, 0.1) is 0 Å². The lowest BCUT2D eigenvalue weighted by Crippen LogP contribution is -2.36. The van der Waals surface area contributed by atoms with Gasteiger partial charge in [-0.25, -0.2) is 0 Å². The minimum Gasteiger partial charge on any atom is -0.394 e. The van der Waals surface area contributed by atoms with Crippen molar-refractivity contribution in [1.29, 1.82) is 0 Å². The summed E-state index contributed by atoms with van der Waals surface area (Å²) in [5.41, 5.74) is 1.47. The van der Waals surface area contributed by atoms with Gasteiger partial charge in [0.25, 0.3) is 11.8 Å². The third-order valence-electron chi connectivity index (χ3n) is 3.55. The van der Waals surface area contributed by atoms with Gasteiger partial charge in [0, 0.05) is 4.47 Å². The van der Waals surface area contributed by atoms with Crippen molar-refractivity contribution in [2.24, 2.45) is 0 Å². The fourth-order valence-corrected chi connectivity index (χ4v) is 2.89. The third-order valence-corrected chi connectivity index (χ3v) is 4.04. The quantitative estimate of drug-likeness (QED) is 0.870. The Bertz CT molecular complexity index is 715. The van der Waals surface area contributed by atoms with E-state index in [4.69, 9.17) is 0 Å². The Morgan fingerprint density at radius 3 is 2.33 bits per heavy atom. The van der Waals surface area contributed by atoms with Gasteiger partial charge >= 0.3 is 0 Å². The summed E-state index contributed by atoms with van der Waals surface area (Å²) in [4.78, 5) is 26.1. The van der Waals surface area contributed by atoms with Gasteiger partial charge in [-0.1, -0.05) is 46.3 Å². The molecule has 1 atom stereocenters. The minimum atomic E-state index is -0.669. The van der Waals surface area contributed by atoms with Crippen LogP contribution in [-0.4, -0.2) is 28.4 Å². The average molecular weight is 346 g/mol. The van der Waals surface area contributed by atoms with Crippen LogP contribution in [0.1, 0.15) is 32.3 Å². The Balaban J connectivity index is 2.04. The highest BCUT2D eigenvalue weighted by Gasteiger charge is 2.40. The van der Waals surface area contributed by atoms with Gasteiger partial charge in [0.1, 0.15) is 0 Å². The number of amides is 2. The lowest BCUT2D eigenvalue weighted by atomic mass is 10.1. The lowest BCUT2D eigenvalue weighted by molar-refractivity contribution is 0.0514. The molecule has 1 heterocycles. The zero-order valence-corrected chi connectivity index (χ0v) is 12.6. The molecule has 0 unspecified atom stereocenters. The number of hydrogen-bond acceptors (Lipinski definition) is 3. The lowest BCUT2D eigenvalue weighted by Gasteiger charge is -2.24. The van der Waals surface area contributed by atoms with Crippen molar-refractivity contribution < 1.29 is 14.7 Å². The molecule has 4 nitrogen and oxygen atoms in total. The number of fused-ring (bicyclic) bond motifs is 1. The molecular formula is C16H12BrNO3. The van der Waals surface area contributed by atoms with Crippen LogP contribution in [0.15, 0.2) is 53.0 Å². The zero-order valence-electron chi connectivity index (χ0n) is 11.0. The molecule has 0 fully saturated rings. The smallest absolute Gasteiger partial charge is 0.262 e. The van der Waals surface area contributed by atoms with E-state index in [1.54, 1.807) is 30.3 Å². The van der Waals surface area contributed by atoms with Gasteiger partial charge in [-0.05, 0) is 23.8 Å². The molecule has 0 aliphatic carbocycles. The van der Waals surface area contributed by atoms with Crippen molar-refractivity contribution in [1.82, 2.24) is 4.90 Å². The molecule has 1 aliphatic rings. The Hall–Kier alpha value is -1.98. The number of carbonyl (C=O) groups excluding carboxylic acids is 2. The third kappa shape index (κ3) is 2.28. The monoisotopic (exact) mass is 345 g/mol. The summed E-state index contributed by atoms with van der Waals surface area (Å²) in [6.45, 7) is -0.309. The molecule has 2 aromatic rings. The second-order valence-electron chi connectivity index (χ2n) is 4.78. The van der Waals surface area contributed by atoms with Crippen molar-refractivity contribution in [3.8, 4) is 0 Å². The van der Waals surface area contributed by atoms with E-state index in [-0.39, 0.29) is 18.4 Å². The number of hydrogen-bond donors (Lipinski definition) is 1. The van der Waals surface area contributed by atoms with Crippen molar-refractivity contribution >= 4 is 27.7 Å². The standard InChI is InChI=1S/C16H12BrNO3/c17-11-6-7-12-13(8-11)16(21)18(15(12)20)14(9-19)10-4-2-1-3-5-10/h1-8,14,19H,9H2/t14-/m1/s1. The second kappa shape index (κ2) is 5.42. The predicted octanol–water partition coefficient (Wildman–Crippen LogP) is 2.78. The molecule has 2 amide bonds. The highest BCUT2D eigenvalue weighted by atomic mass is 79.9. The number of aliphatic hydroxyl groups is 1. The van der Waals surface area contributed by atoms with Crippen LogP contribution in [0.3, 0.4) is 0 Å². The predicted molar refractivity (Wildman–Crippen MR) is 80.9 cm³/mol. The number of aliphatic hydroxyl groups excluding tert-OH is 1. The maximum Gasteiger partial charge on any atom is 0.262 e. The van der Waals surface area contributed by atoms with Crippen molar-refractivity contribution in [3.63, 3.8) is 0 Å². The van der Waals surface area contributed by atoms with E-state index >= 15 is 0 Å². The average Bonchev–Trinajstić information content (AvgIpc) is 2.74. The number of carbonyl (C=O) groups is 2. The van der Waals surface area contributed by atoms with Crippen molar-refractivity contribution in [2.75, 3.05) is 6.61 Å². The maximum atomic E-state index is 12.5. The van der Waals surface area contributed by atoms with Crippen molar-refractivity contribution in [3.05, 3.63) is 69.7 Å². The zero-order chi connectivity index (χ0) is 15.0. The van der Waals surface area contributed by atoms with E-state index in [2.05, 4.69) is 15.9 Å². The number of benzene rings is 2. The first-order valence-corrected chi connectivity index (χ1v) is 7.26. The summed E-state index contributed by atoms with van der Waals surface area (Å²) < 4.78 is 0.740. The molecule has 0 saturated carbocycles. The summed E-state index contributed by atoms with van der Waals surface area (Å²) in [6, 6.07) is 13.4. The summed E-state index contributed by atoms with van der Waals surface area (Å²) in [7, 11) is 0. The van der Waals surface area contributed by atoms with Gasteiger partial charge < -0.3 is 5.11 Å². The van der Waals surface area contributed by atoms with E-state index in [1.165, 1.54) is 0 Å². The van der Waals surface area contributed by atoms with Gasteiger partial charge in [-0.15, -0.1) is 0 Å². The summed E-state index contributed by atoms with van der Waals surface area (Å²) in [6.07, 6.45) is 0. The first-order chi connectivity index (χ1) is 10.1. The topological polar surface area (TPSA) is 57.6 Å². The highest BCUT2D eigenvalue weighted by molar-refractivity contribution is 9.10. The molecular weight excluding hydrogens is 334 g/mol. The van der Waals surface area contributed by atoms with Crippen LogP contribution in [-0.2, 0) is 0 Å². The Labute approximate surface area is 130 Å². The van der Waals surface area contributed by atoms with Crippen LogP contribution >= 0.6 is 15.9 Å². The Morgan fingerprint density at radius 1 is 1.00 bits per heavy atom. The maximum absolute atomic E-state index is 12.5. The van der Waals surface area contributed by atoms with E-state index < -0.39 is 6.04 Å². The van der Waals surface area contributed by atoms with E-state index in [0.717, 1.165) is 14.9 Å². The number of rotatable bonds is 3. The van der Waals surface area contributed by atoms with Crippen molar-refractivity contribution in [2.45, 2.75) is 6.04 Å². The fourth-order valence-electron chi connectivity index (χ4n) is 2.53. The van der Waals surface area contributed by atoms with Gasteiger partial charge in [0.05, 0.1) is 23.8 Å². The first kappa shape index (κ1) is 14.0. The molecule has 21 heavy (non-hydrogen) atoms. The number of halogens is 1. The number of imide groups is 1. The van der Waals surface area contributed by atoms with Crippen LogP contribution in [0.4, 0.5) is 0 Å². The second-order valence-corrected chi connectivity index (χ2v) is 5.69. The minimum absolute atomic E-state index is 0.309. The van der Waals surface area contributed by atoms with Crippen LogP contribution < -0.4 is 0 Å². The first-order valence-electron chi connectivity index (χ1n) is 6.46. The molecule has 0 saturated heterocycles.